The summed E-state index contributed by atoms with van der Waals surface area (Å²) in [7, 11) is 0. The van der Waals surface area contributed by atoms with Crippen LogP contribution in [0.4, 0.5) is 0 Å². The molecule has 1 heterocycles. The van der Waals surface area contributed by atoms with Crippen molar-refractivity contribution in [2.24, 2.45) is 5.92 Å². The van der Waals surface area contributed by atoms with Crippen molar-refractivity contribution in [3.05, 3.63) is 11.1 Å². The number of nitrogens with one attached hydrogen (secondary N) is 1. The summed E-state index contributed by atoms with van der Waals surface area (Å²) in [6.45, 7) is 0. The average Bonchev–Trinajstić information content (AvgIpc) is 2.85. The van der Waals surface area contributed by atoms with Crippen LogP contribution in [-0.4, -0.2) is 11.8 Å². The van der Waals surface area contributed by atoms with Gasteiger partial charge in [0.25, 0.3) is 5.91 Å². The van der Waals surface area contributed by atoms with Crippen LogP contribution in [0.15, 0.2) is 11.1 Å². The Labute approximate surface area is 75.2 Å². The highest BCUT2D eigenvalue weighted by Crippen LogP contribution is 2.40. The number of nitriles is 1. The van der Waals surface area contributed by atoms with Crippen molar-refractivity contribution in [2.45, 2.75) is 19.3 Å². The summed E-state index contributed by atoms with van der Waals surface area (Å²) in [6.07, 6.45) is 2.22. The summed E-state index contributed by atoms with van der Waals surface area (Å²) in [5, 5.41) is 10.8. The van der Waals surface area contributed by atoms with E-state index in [0.29, 0.717) is 5.92 Å². The molecule has 2 rings (SSSR count). The molecule has 13 heavy (non-hydrogen) atoms. The SMILES string of the molecule is N#CC1=C(C2CC2)CC(=O)NC1=O. The summed E-state index contributed by atoms with van der Waals surface area (Å²) < 4.78 is 0. The predicted molar refractivity (Wildman–Crippen MR) is 43.1 cm³/mol. The Kier molecular flexibility index (Phi) is 1.66. The van der Waals surface area contributed by atoms with Gasteiger partial charge in [-0.25, -0.2) is 0 Å². The van der Waals surface area contributed by atoms with Crippen LogP contribution in [0.1, 0.15) is 19.3 Å². The molecule has 0 atom stereocenters. The lowest BCUT2D eigenvalue weighted by molar-refractivity contribution is -0.128. The normalized spacial score (nSPS) is 22.7. The quantitative estimate of drug-likeness (QED) is 0.583. The maximum Gasteiger partial charge on any atom is 0.268 e. The molecule has 1 saturated carbocycles. The topological polar surface area (TPSA) is 70.0 Å². The van der Waals surface area contributed by atoms with Crippen molar-refractivity contribution < 1.29 is 9.59 Å². The van der Waals surface area contributed by atoms with Gasteiger partial charge in [0.05, 0.1) is 6.42 Å². The molecule has 2 amide bonds. The Balaban J connectivity index is 2.39. The Morgan fingerprint density at radius 3 is 2.62 bits per heavy atom. The first kappa shape index (κ1) is 7.99. The number of nitrogens with zero attached hydrogens (tertiary/aromatic N) is 1. The molecule has 0 bridgehead atoms. The highest BCUT2D eigenvalue weighted by molar-refractivity contribution is 6.10. The van der Waals surface area contributed by atoms with E-state index in [-0.39, 0.29) is 17.9 Å². The lowest BCUT2D eigenvalue weighted by Gasteiger charge is -2.14. The third-order valence-corrected chi connectivity index (χ3v) is 2.33. The van der Waals surface area contributed by atoms with Gasteiger partial charge in [-0.3, -0.25) is 14.9 Å². The fraction of sp³-hybridized carbons (Fsp3) is 0.444. The molecule has 4 heteroatoms. The molecule has 0 aromatic carbocycles. The van der Waals surface area contributed by atoms with E-state index in [9.17, 15) is 9.59 Å². The summed E-state index contributed by atoms with van der Waals surface area (Å²) in [5.41, 5.74) is 0.901. The maximum atomic E-state index is 11.2. The molecule has 1 N–H and O–H groups in total. The van der Waals surface area contributed by atoms with E-state index in [2.05, 4.69) is 5.32 Å². The van der Waals surface area contributed by atoms with Crippen LogP contribution >= 0.6 is 0 Å². The predicted octanol–water partition coefficient (Wildman–Crippen LogP) is 0.263. The molecule has 66 valence electrons. The van der Waals surface area contributed by atoms with Crippen LogP contribution < -0.4 is 5.32 Å². The lowest BCUT2D eigenvalue weighted by Crippen LogP contribution is -2.36. The molecule has 4 nitrogen and oxygen atoms in total. The summed E-state index contributed by atoms with van der Waals surface area (Å²) in [4.78, 5) is 22.2. The standard InChI is InChI=1S/C9H8N2O2/c10-4-7-6(5-1-2-5)3-8(12)11-9(7)13/h5H,1-3H2,(H,11,12,13). The molecule has 0 aromatic rings. The van der Waals surface area contributed by atoms with Crippen LogP contribution in [0, 0.1) is 17.2 Å². The average molecular weight is 176 g/mol. The van der Waals surface area contributed by atoms with Crippen molar-refractivity contribution in [3.8, 4) is 6.07 Å². The fourth-order valence-corrected chi connectivity index (χ4v) is 1.54. The molecule has 0 radical (unpaired) electrons. The zero-order valence-corrected chi connectivity index (χ0v) is 6.96. The number of rotatable bonds is 1. The van der Waals surface area contributed by atoms with Gasteiger partial charge >= 0.3 is 0 Å². The van der Waals surface area contributed by atoms with Gasteiger partial charge in [-0.2, -0.15) is 5.26 Å². The van der Waals surface area contributed by atoms with Gasteiger partial charge in [-0.1, -0.05) is 0 Å². The molecule has 0 unspecified atom stereocenters. The van der Waals surface area contributed by atoms with Crippen molar-refractivity contribution in [3.63, 3.8) is 0 Å². The maximum absolute atomic E-state index is 11.2. The molecule has 0 spiro atoms. The number of hydrogen-bond donors (Lipinski definition) is 1. The van der Waals surface area contributed by atoms with Gasteiger partial charge in [0.15, 0.2) is 0 Å². The van der Waals surface area contributed by atoms with Crippen LogP contribution in [0.3, 0.4) is 0 Å². The third-order valence-electron chi connectivity index (χ3n) is 2.33. The molecule has 1 fully saturated rings. The summed E-state index contributed by atoms with van der Waals surface area (Å²) in [6, 6.07) is 1.86. The van der Waals surface area contributed by atoms with E-state index in [4.69, 9.17) is 5.26 Å². The van der Waals surface area contributed by atoms with E-state index in [1.54, 1.807) is 0 Å². The minimum atomic E-state index is -0.527. The van der Waals surface area contributed by atoms with Crippen molar-refractivity contribution in [1.82, 2.24) is 5.32 Å². The zero-order chi connectivity index (χ0) is 9.42. The van der Waals surface area contributed by atoms with Gasteiger partial charge in [-0.15, -0.1) is 0 Å². The first-order valence-corrected chi connectivity index (χ1v) is 4.19. The Morgan fingerprint density at radius 1 is 1.38 bits per heavy atom. The number of imide groups is 1. The van der Waals surface area contributed by atoms with Gasteiger partial charge in [0.2, 0.25) is 5.91 Å². The number of carbonyl (C=O) groups is 2. The minimum Gasteiger partial charge on any atom is -0.291 e. The van der Waals surface area contributed by atoms with Gasteiger partial charge < -0.3 is 0 Å². The minimum absolute atomic E-state index is 0.155. The van der Waals surface area contributed by atoms with Gasteiger partial charge in [0, 0.05) is 0 Å². The molecular formula is C9H8N2O2. The summed E-state index contributed by atoms with van der Waals surface area (Å²) >= 11 is 0. The van der Waals surface area contributed by atoms with Gasteiger partial charge in [0.1, 0.15) is 11.6 Å². The largest absolute Gasteiger partial charge is 0.291 e. The monoisotopic (exact) mass is 176 g/mol. The zero-order valence-electron chi connectivity index (χ0n) is 6.96. The third kappa shape index (κ3) is 1.33. The highest BCUT2D eigenvalue weighted by atomic mass is 16.2. The number of hydrogen-bond acceptors (Lipinski definition) is 3. The van der Waals surface area contributed by atoms with Crippen LogP contribution in [0.5, 0.6) is 0 Å². The Bertz CT molecular complexity index is 358. The van der Waals surface area contributed by atoms with Crippen molar-refractivity contribution in [1.29, 1.82) is 5.26 Å². The fourth-order valence-electron chi connectivity index (χ4n) is 1.54. The lowest BCUT2D eigenvalue weighted by atomic mass is 9.97. The smallest absolute Gasteiger partial charge is 0.268 e. The van der Waals surface area contributed by atoms with Crippen LogP contribution in [0.25, 0.3) is 0 Å². The molecule has 0 saturated heterocycles. The molecule has 1 aliphatic carbocycles. The van der Waals surface area contributed by atoms with E-state index >= 15 is 0 Å². The van der Waals surface area contributed by atoms with E-state index in [1.165, 1.54) is 0 Å². The molecule has 1 aliphatic heterocycles. The highest BCUT2D eigenvalue weighted by Gasteiger charge is 2.35. The second-order valence-corrected chi connectivity index (χ2v) is 3.34. The second-order valence-electron chi connectivity index (χ2n) is 3.34. The Morgan fingerprint density at radius 2 is 2.08 bits per heavy atom. The van der Waals surface area contributed by atoms with E-state index in [1.807, 2.05) is 6.07 Å². The molecule has 2 aliphatic rings. The van der Waals surface area contributed by atoms with Crippen molar-refractivity contribution >= 4 is 11.8 Å². The van der Waals surface area contributed by atoms with E-state index < -0.39 is 5.91 Å². The Hall–Kier alpha value is -1.63. The van der Waals surface area contributed by atoms with E-state index in [0.717, 1.165) is 18.4 Å². The number of amides is 2. The number of carbonyl (C=O) groups excluding carboxylic acids is 2. The van der Waals surface area contributed by atoms with Gasteiger partial charge in [-0.05, 0) is 24.3 Å². The molecule has 0 aromatic heterocycles. The first-order chi connectivity index (χ1) is 6.22. The van der Waals surface area contributed by atoms with Crippen LogP contribution in [-0.2, 0) is 9.59 Å². The second kappa shape index (κ2) is 2.70. The van der Waals surface area contributed by atoms with Crippen molar-refractivity contribution in [2.75, 3.05) is 0 Å². The first-order valence-electron chi connectivity index (χ1n) is 4.19. The summed E-state index contributed by atoms with van der Waals surface area (Å²) in [5.74, 6) is -0.504. The molecular weight excluding hydrogens is 168 g/mol. The van der Waals surface area contributed by atoms with Crippen LogP contribution in [0.2, 0.25) is 0 Å².